The van der Waals surface area contributed by atoms with Crippen molar-refractivity contribution in [1.29, 1.82) is 0 Å². The maximum absolute atomic E-state index is 12.8. The number of piperidine rings is 1. The summed E-state index contributed by atoms with van der Waals surface area (Å²) < 4.78 is 37.4. The van der Waals surface area contributed by atoms with Gasteiger partial charge in [-0.1, -0.05) is 6.42 Å². The lowest BCUT2D eigenvalue weighted by molar-refractivity contribution is -0.120. The Kier molecular flexibility index (Phi) is 4.39. The summed E-state index contributed by atoms with van der Waals surface area (Å²) in [6, 6.07) is 4.68. The molecule has 110 valence electrons. The van der Waals surface area contributed by atoms with Gasteiger partial charge in [-0.05, 0) is 37.1 Å². The fourth-order valence-corrected chi connectivity index (χ4v) is 3.45. The molecule has 0 aliphatic carbocycles. The molecule has 1 atom stereocenters. The van der Waals surface area contributed by atoms with Crippen molar-refractivity contribution in [2.45, 2.75) is 25.3 Å². The van der Waals surface area contributed by atoms with Gasteiger partial charge in [0.25, 0.3) is 0 Å². The van der Waals surface area contributed by atoms with Gasteiger partial charge in [-0.2, -0.15) is 4.31 Å². The van der Waals surface area contributed by atoms with Crippen LogP contribution < -0.4 is 5.32 Å². The summed E-state index contributed by atoms with van der Waals surface area (Å²) in [6.45, 7) is 0.361. The summed E-state index contributed by atoms with van der Waals surface area (Å²) in [7, 11) is -3.41. The minimum absolute atomic E-state index is 0.361. The number of hydrogen-bond donors (Lipinski definition) is 1. The normalized spacial score (nSPS) is 20.6. The average molecular weight is 300 g/mol. The van der Waals surface area contributed by atoms with Gasteiger partial charge in [-0.3, -0.25) is 4.79 Å². The molecule has 1 N–H and O–H groups in total. The van der Waals surface area contributed by atoms with Gasteiger partial charge >= 0.3 is 0 Å². The van der Waals surface area contributed by atoms with E-state index in [0.717, 1.165) is 19.1 Å². The molecule has 0 saturated carbocycles. The zero-order valence-electron chi connectivity index (χ0n) is 11.2. The molecule has 0 radical (unpaired) electrons. The Hall–Kier alpha value is -1.47. The summed E-state index contributed by atoms with van der Waals surface area (Å²) in [5.74, 6) is -0.764. The molecule has 2 rings (SSSR count). The van der Waals surface area contributed by atoms with E-state index >= 15 is 0 Å². The van der Waals surface area contributed by atoms with Gasteiger partial charge in [-0.25, -0.2) is 12.8 Å². The molecule has 1 unspecified atom stereocenters. The molecule has 1 amide bonds. The molecule has 1 fully saturated rings. The lowest BCUT2D eigenvalue weighted by atomic mass is 10.0. The first kappa shape index (κ1) is 14.9. The lowest BCUT2D eigenvalue weighted by Gasteiger charge is -2.32. The van der Waals surface area contributed by atoms with Gasteiger partial charge in [0.15, 0.2) is 0 Å². The highest BCUT2D eigenvalue weighted by atomic mass is 32.2. The van der Waals surface area contributed by atoms with E-state index in [2.05, 4.69) is 5.32 Å². The van der Waals surface area contributed by atoms with Crippen LogP contribution in [0.1, 0.15) is 19.3 Å². The number of nitrogens with one attached hydrogen (secondary N) is 1. The second kappa shape index (κ2) is 5.88. The molecule has 1 heterocycles. The molecular weight excluding hydrogens is 283 g/mol. The van der Waals surface area contributed by atoms with Crippen LogP contribution in [0.3, 0.4) is 0 Å². The Bertz CT molecular complexity index is 586. The number of hydrogen-bond acceptors (Lipinski definition) is 3. The molecule has 0 spiro atoms. The predicted octanol–water partition coefficient (Wildman–Crippen LogP) is 1.58. The van der Waals surface area contributed by atoms with Crippen LogP contribution in [0.5, 0.6) is 0 Å². The quantitative estimate of drug-likeness (QED) is 0.921. The molecule has 0 aromatic heterocycles. The van der Waals surface area contributed by atoms with Crippen molar-refractivity contribution in [3.63, 3.8) is 0 Å². The Morgan fingerprint density at radius 2 is 1.95 bits per heavy atom. The Morgan fingerprint density at radius 1 is 1.30 bits per heavy atom. The number of carbonyl (C=O) groups is 1. The number of halogens is 1. The highest BCUT2D eigenvalue weighted by Gasteiger charge is 2.34. The van der Waals surface area contributed by atoms with Gasteiger partial charge < -0.3 is 5.32 Å². The third-order valence-electron chi connectivity index (χ3n) is 3.29. The molecular formula is C13H17FN2O3S. The van der Waals surface area contributed by atoms with Crippen molar-refractivity contribution in [3.05, 3.63) is 30.1 Å². The van der Waals surface area contributed by atoms with E-state index in [4.69, 9.17) is 0 Å². The van der Waals surface area contributed by atoms with E-state index < -0.39 is 21.9 Å². The lowest BCUT2D eigenvalue weighted by Crippen LogP contribution is -2.49. The van der Waals surface area contributed by atoms with Gasteiger partial charge in [0.1, 0.15) is 11.9 Å². The van der Waals surface area contributed by atoms with Crippen LogP contribution in [0.15, 0.2) is 24.3 Å². The smallest absolute Gasteiger partial charge is 0.242 e. The molecule has 1 aromatic rings. The van der Waals surface area contributed by atoms with Gasteiger partial charge in [-0.15, -0.1) is 0 Å². The number of nitrogens with zero attached hydrogens (tertiary/aromatic N) is 1. The monoisotopic (exact) mass is 300 g/mol. The maximum Gasteiger partial charge on any atom is 0.242 e. The highest BCUT2D eigenvalue weighted by Crippen LogP contribution is 2.21. The standard InChI is InChI=1S/C13H17FN2O3S/c1-20(18,19)16-9-3-2-4-12(16)13(17)15-11-7-5-10(14)6-8-11/h5-8,12H,2-4,9H2,1H3,(H,15,17). The van der Waals surface area contributed by atoms with Gasteiger partial charge in [0.2, 0.25) is 15.9 Å². The summed E-state index contributed by atoms with van der Waals surface area (Å²) in [5.41, 5.74) is 0.454. The summed E-state index contributed by atoms with van der Waals surface area (Å²) >= 11 is 0. The van der Waals surface area contributed by atoms with Crippen LogP contribution in [0.25, 0.3) is 0 Å². The van der Waals surface area contributed by atoms with Crippen LogP contribution in [0.4, 0.5) is 10.1 Å². The first-order chi connectivity index (χ1) is 9.38. The van der Waals surface area contributed by atoms with Crippen LogP contribution in [-0.2, 0) is 14.8 Å². The zero-order chi connectivity index (χ0) is 14.8. The van der Waals surface area contributed by atoms with E-state index in [-0.39, 0.29) is 5.91 Å². The summed E-state index contributed by atoms with van der Waals surface area (Å²) in [6.07, 6.45) is 3.18. The first-order valence-corrected chi connectivity index (χ1v) is 8.26. The fourth-order valence-electron chi connectivity index (χ4n) is 2.32. The minimum atomic E-state index is -3.41. The second-order valence-corrected chi connectivity index (χ2v) is 6.82. The predicted molar refractivity (Wildman–Crippen MR) is 74.2 cm³/mol. The van der Waals surface area contributed by atoms with E-state index in [0.29, 0.717) is 18.7 Å². The third-order valence-corrected chi connectivity index (χ3v) is 4.58. The third kappa shape index (κ3) is 3.55. The number of sulfonamides is 1. The van der Waals surface area contributed by atoms with Gasteiger partial charge in [0, 0.05) is 12.2 Å². The molecule has 1 aliphatic heterocycles. The minimum Gasteiger partial charge on any atom is -0.325 e. The fraction of sp³-hybridized carbons (Fsp3) is 0.462. The number of rotatable bonds is 3. The maximum atomic E-state index is 12.8. The van der Waals surface area contributed by atoms with Crippen molar-refractivity contribution in [2.75, 3.05) is 18.1 Å². The topological polar surface area (TPSA) is 66.5 Å². The molecule has 5 nitrogen and oxygen atoms in total. The summed E-state index contributed by atoms with van der Waals surface area (Å²) in [5, 5.41) is 2.63. The summed E-state index contributed by atoms with van der Waals surface area (Å²) in [4.78, 5) is 12.2. The van der Waals surface area contributed by atoms with Crippen LogP contribution >= 0.6 is 0 Å². The van der Waals surface area contributed by atoms with Crippen LogP contribution in [-0.4, -0.2) is 37.5 Å². The number of carbonyl (C=O) groups excluding carboxylic acids is 1. The highest BCUT2D eigenvalue weighted by molar-refractivity contribution is 7.88. The largest absolute Gasteiger partial charge is 0.325 e. The zero-order valence-corrected chi connectivity index (χ0v) is 12.0. The molecule has 1 aliphatic rings. The second-order valence-electron chi connectivity index (χ2n) is 4.88. The van der Waals surface area contributed by atoms with Crippen molar-refractivity contribution < 1.29 is 17.6 Å². The first-order valence-electron chi connectivity index (χ1n) is 6.41. The van der Waals surface area contributed by atoms with Crippen LogP contribution in [0.2, 0.25) is 0 Å². The average Bonchev–Trinajstić information content (AvgIpc) is 2.40. The number of benzene rings is 1. The van der Waals surface area contributed by atoms with Crippen molar-refractivity contribution in [2.24, 2.45) is 0 Å². The molecule has 7 heteroatoms. The molecule has 0 bridgehead atoms. The molecule has 1 saturated heterocycles. The van der Waals surface area contributed by atoms with Crippen molar-refractivity contribution >= 4 is 21.6 Å². The number of anilines is 1. The molecule has 20 heavy (non-hydrogen) atoms. The van der Waals surface area contributed by atoms with E-state index in [1.165, 1.54) is 28.6 Å². The van der Waals surface area contributed by atoms with Gasteiger partial charge in [0.05, 0.1) is 6.26 Å². The molecule has 1 aromatic carbocycles. The van der Waals surface area contributed by atoms with Crippen LogP contribution in [0, 0.1) is 5.82 Å². The number of amides is 1. The van der Waals surface area contributed by atoms with Crippen molar-refractivity contribution in [3.8, 4) is 0 Å². The van der Waals surface area contributed by atoms with E-state index in [1.807, 2.05) is 0 Å². The Labute approximate surface area is 117 Å². The Morgan fingerprint density at radius 3 is 2.55 bits per heavy atom. The van der Waals surface area contributed by atoms with E-state index in [9.17, 15) is 17.6 Å². The Balaban J connectivity index is 2.12. The SMILES string of the molecule is CS(=O)(=O)N1CCCCC1C(=O)Nc1ccc(F)cc1. The van der Waals surface area contributed by atoms with E-state index in [1.54, 1.807) is 0 Å². The van der Waals surface area contributed by atoms with Crippen molar-refractivity contribution in [1.82, 2.24) is 4.31 Å².